The molecule has 0 aromatic heterocycles. The van der Waals surface area contributed by atoms with Crippen molar-refractivity contribution in [2.75, 3.05) is 6.61 Å². The van der Waals surface area contributed by atoms with Gasteiger partial charge in [-0.25, -0.2) is 8.78 Å². The maximum Gasteiger partial charge on any atom is 0.314 e. The normalized spacial score (nSPS) is 30.9. The molecule has 36 heavy (non-hydrogen) atoms. The summed E-state index contributed by atoms with van der Waals surface area (Å²) in [6.07, 6.45) is 16.8. The topological polar surface area (TPSA) is 59.3 Å². The van der Waals surface area contributed by atoms with E-state index in [1.54, 1.807) is 0 Å². The molecule has 0 atom stereocenters. The van der Waals surface area contributed by atoms with Gasteiger partial charge in [0.1, 0.15) is 29.0 Å². The predicted molar refractivity (Wildman–Crippen MR) is 134 cm³/mol. The standard InChI is InChI=1S/C30H41F2NO3/c1-2-3-20-4-8-22(9-5-20)23-10-6-21(7-11-23)19-35-25-14-12-24(13-15-25)30(34)36-26-16-28(31)27(18-33)29(32)17-26/h16-17,20-25H,2-15,19H2,1H3/t20-,21-,22-,23-,24-,25-. The largest absolute Gasteiger partial charge is 0.426 e. The maximum atomic E-state index is 13.8. The van der Waals surface area contributed by atoms with Crippen molar-refractivity contribution in [3.63, 3.8) is 0 Å². The monoisotopic (exact) mass is 501 g/mol. The lowest BCUT2D eigenvalue weighted by Gasteiger charge is -2.38. The Morgan fingerprint density at radius 3 is 1.97 bits per heavy atom. The van der Waals surface area contributed by atoms with Crippen LogP contribution in [0.2, 0.25) is 0 Å². The van der Waals surface area contributed by atoms with E-state index in [1.165, 1.54) is 70.3 Å². The lowest BCUT2D eigenvalue weighted by Crippen LogP contribution is -2.31. The summed E-state index contributed by atoms with van der Waals surface area (Å²) in [5.41, 5.74) is -0.671. The van der Waals surface area contributed by atoms with Crippen molar-refractivity contribution in [1.82, 2.24) is 0 Å². The van der Waals surface area contributed by atoms with E-state index in [4.69, 9.17) is 14.7 Å². The summed E-state index contributed by atoms with van der Waals surface area (Å²) >= 11 is 0. The van der Waals surface area contributed by atoms with Gasteiger partial charge in [-0.3, -0.25) is 4.79 Å². The van der Waals surface area contributed by atoms with Gasteiger partial charge < -0.3 is 9.47 Å². The minimum Gasteiger partial charge on any atom is -0.426 e. The Balaban J connectivity index is 1.12. The van der Waals surface area contributed by atoms with Gasteiger partial charge in [-0.2, -0.15) is 5.26 Å². The minimum absolute atomic E-state index is 0.172. The number of hydrogen-bond donors (Lipinski definition) is 0. The third kappa shape index (κ3) is 7.06. The zero-order chi connectivity index (χ0) is 25.5. The Kier molecular flexibility index (Phi) is 9.76. The van der Waals surface area contributed by atoms with E-state index in [1.807, 2.05) is 0 Å². The number of esters is 1. The van der Waals surface area contributed by atoms with Gasteiger partial charge in [0.2, 0.25) is 0 Å². The molecule has 198 valence electrons. The maximum absolute atomic E-state index is 13.8. The molecule has 4 nitrogen and oxygen atoms in total. The molecule has 0 bridgehead atoms. The van der Waals surface area contributed by atoms with E-state index < -0.39 is 23.2 Å². The van der Waals surface area contributed by atoms with Crippen LogP contribution in [-0.2, 0) is 9.53 Å². The van der Waals surface area contributed by atoms with Crippen molar-refractivity contribution in [3.8, 4) is 11.8 Å². The third-order valence-electron chi connectivity index (χ3n) is 9.07. The zero-order valence-corrected chi connectivity index (χ0v) is 21.7. The molecule has 0 N–H and O–H groups in total. The van der Waals surface area contributed by atoms with Gasteiger partial charge in [0.15, 0.2) is 0 Å². The number of benzene rings is 1. The van der Waals surface area contributed by atoms with Gasteiger partial charge in [0.25, 0.3) is 0 Å². The number of halogens is 2. The average Bonchev–Trinajstić information content (AvgIpc) is 2.88. The molecule has 3 fully saturated rings. The molecule has 0 heterocycles. The molecule has 0 radical (unpaired) electrons. The summed E-state index contributed by atoms with van der Waals surface area (Å²) in [5.74, 6) is 0.495. The van der Waals surface area contributed by atoms with Crippen molar-refractivity contribution < 1.29 is 23.0 Å². The van der Waals surface area contributed by atoms with E-state index >= 15 is 0 Å². The summed E-state index contributed by atoms with van der Waals surface area (Å²) in [4.78, 5) is 12.5. The SMILES string of the molecule is CCC[C@H]1CC[C@H]([C@H]2CC[C@H](CO[C@H]3CC[C@H](C(=O)Oc4cc(F)c(C#N)c(F)c4)CC3)CC2)CC1. The van der Waals surface area contributed by atoms with Crippen LogP contribution in [0.25, 0.3) is 0 Å². The van der Waals surface area contributed by atoms with Crippen molar-refractivity contribution in [3.05, 3.63) is 29.3 Å². The lowest BCUT2D eigenvalue weighted by atomic mass is 9.69. The number of ether oxygens (including phenoxy) is 2. The van der Waals surface area contributed by atoms with Gasteiger partial charge in [-0.1, -0.05) is 32.6 Å². The molecule has 0 unspecified atom stereocenters. The van der Waals surface area contributed by atoms with Crippen LogP contribution in [0.15, 0.2) is 12.1 Å². The molecule has 3 saturated carbocycles. The summed E-state index contributed by atoms with van der Waals surface area (Å²) in [6, 6.07) is 3.24. The van der Waals surface area contributed by atoms with Crippen LogP contribution in [0.5, 0.6) is 5.75 Å². The third-order valence-corrected chi connectivity index (χ3v) is 9.07. The molecule has 0 amide bonds. The summed E-state index contributed by atoms with van der Waals surface area (Å²) < 4.78 is 39.0. The highest BCUT2D eigenvalue weighted by Crippen LogP contribution is 2.42. The van der Waals surface area contributed by atoms with Crippen LogP contribution in [0, 0.1) is 52.6 Å². The Hall–Kier alpha value is -2.00. The van der Waals surface area contributed by atoms with Crippen LogP contribution in [0.1, 0.15) is 102 Å². The molecule has 1 aromatic carbocycles. The summed E-state index contributed by atoms with van der Waals surface area (Å²) in [7, 11) is 0. The number of carbonyl (C=O) groups is 1. The molecule has 3 aliphatic rings. The first kappa shape index (κ1) is 27.0. The fraction of sp³-hybridized carbons (Fsp3) is 0.733. The second-order valence-corrected chi connectivity index (χ2v) is 11.5. The van der Waals surface area contributed by atoms with Gasteiger partial charge in [-0.05, 0) is 87.9 Å². The highest BCUT2D eigenvalue weighted by molar-refractivity contribution is 5.75. The number of nitriles is 1. The van der Waals surface area contributed by atoms with E-state index in [0.29, 0.717) is 18.8 Å². The van der Waals surface area contributed by atoms with Crippen molar-refractivity contribution in [2.24, 2.45) is 29.6 Å². The van der Waals surface area contributed by atoms with Crippen LogP contribution >= 0.6 is 0 Å². The molecule has 6 heteroatoms. The Morgan fingerprint density at radius 2 is 1.44 bits per heavy atom. The van der Waals surface area contributed by atoms with E-state index in [0.717, 1.165) is 49.3 Å². The summed E-state index contributed by atoms with van der Waals surface area (Å²) in [6.45, 7) is 3.13. The first-order valence-electron chi connectivity index (χ1n) is 14.2. The van der Waals surface area contributed by atoms with Crippen LogP contribution < -0.4 is 4.74 Å². The molecular formula is C30H41F2NO3. The molecule has 3 aliphatic carbocycles. The van der Waals surface area contributed by atoms with Gasteiger partial charge in [0.05, 0.1) is 12.0 Å². The predicted octanol–water partition coefficient (Wildman–Crippen LogP) is 7.73. The highest BCUT2D eigenvalue weighted by Gasteiger charge is 2.32. The Morgan fingerprint density at radius 1 is 0.889 bits per heavy atom. The van der Waals surface area contributed by atoms with Gasteiger partial charge in [0, 0.05) is 18.7 Å². The zero-order valence-electron chi connectivity index (χ0n) is 21.7. The fourth-order valence-electron chi connectivity index (χ4n) is 6.84. The molecule has 0 spiro atoms. The summed E-state index contributed by atoms with van der Waals surface area (Å²) in [5, 5.41) is 8.77. The number of hydrogen-bond acceptors (Lipinski definition) is 4. The van der Waals surface area contributed by atoms with Crippen molar-refractivity contribution in [2.45, 2.75) is 103 Å². The van der Waals surface area contributed by atoms with Crippen LogP contribution in [-0.4, -0.2) is 18.7 Å². The second-order valence-electron chi connectivity index (χ2n) is 11.5. The van der Waals surface area contributed by atoms with Gasteiger partial charge >= 0.3 is 5.97 Å². The molecular weight excluding hydrogens is 460 g/mol. The number of nitrogens with zero attached hydrogens (tertiary/aromatic N) is 1. The molecule has 1 aromatic rings. The van der Waals surface area contributed by atoms with Crippen LogP contribution in [0.4, 0.5) is 8.78 Å². The Labute approximate surface area is 214 Å². The quantitative estimate of drug-likeness (QED) is 0.270. The smallest absolute Gasteiger partial charge is 0.314 e. The average molecular weight is 502 g/mol. The van der Waals surface area contributed by atoms with Gasteiger partial charge in [-0.15, -0.1) is 0 Å². The van der Waals surface area contributed by atoms with Crippen molar-refractivity contribution in [1.29, 1.82) is 5.26 Å². The second kappa shape index (κ2) is 13.0. The minimum atomic E-state index is -1.02. The number of rotatable bonds is 8. The van der Waals surface area contributed by atoms with E-state index in [9.17, 15) is 13.6 Å². The van der Waals surface area contributed by atoms with E-state index in [2.05, 4.69) is 6.92 Å². The Bertz CT molecular complexity index is 882. The molecule has 0 saturated heterocycles. The lowest BCUT2D eigenvalue weighted by molar-refractivity contribution is -0.141. The molecule has 4 rings (SSSR count). The van der Waals surface area contributed by atoms with Crippen LogP contribution in [0.3, 0.4) is 0 Å². The molecule has 0 aliphatic heterocycles. The number of carbonyl (C=O) groups excluding carboxylic acids is 1. The first-order chi connectivity index (χ1) is 17.5. The fourth-order valence-corrected chi connectivity index (χ4v) is 6.84. The highest BCUT2D eigenvalue weighted by atomic mass is 19.1. The van der Waals surface area contributed by atoms with Crippen molar-refractivity contribution >= 4 is 5.97 Å². The first-order valence-corrected chi connectivity index (χ1v) is 14.2. The van der Waals surface area contributed by atoms with E-state index in [-0.39, 0.29) is 17.8 Å².